The first-order valence-electron chi connectivity index (χ1n) is 5.47. The van der Waals surface area contributed by atoms with E-state index < -0.39 is 20.9 Å². The molecule has 0 N–H and O–H groups in total. The van der Waals surface area contributed by atoms with Crippen LogP contribution in [0.15, 0.2) is 29.7 Å². The van der Waals surface area contributed by atoms with Crippen molar-refractivity contribution in [2.45, 2.75) is 17.9 Å². The van der Waals surface area contributed by atoms with E-state index in [2.05, 4.69) is 9.97 Å². The van der Waals surface area contributed by atoms with Crippen molar-refractivity contribution in [3.05, 3.63) is 34.3 Å². The monoisotopic (exact) mass is 338 g/mol. The Labute approximate surface area is 122 Å². The Balaban J connectivity index is 2.02. The second-order valence-corrected chi connectivity index (χ2v) is 7.10. The summed E-state index contributed by atoms with van der Waals surface area (Å²) in [5, 5.41) is -0.342. The second-order valence-electron chi connectivity index (χ2n) is 4.03. The number of rotatable bonds is 4. The molecule has 0 aromatic carbocycles. The van der Waals surface area contributed by atoms with Gasteiger partial charge in [0, 0.05) is 11.1 Å². The highest BCUT2D eigenvalue weighted by Gasteiger charge is 2.32. The Morgan fingerprint density at radius 3 is 2.33 bits per heavy atom. The van der Waals surface area contributed by atoms with E-state index >= 15 is 0 Å². The van der Waals surface area contributed by atoms with Gasteiger partial charge in [-0.2, -0.15) is 13.2 Å². The fourth-order valence-corrected chi connectivity index (χ4v) is 2.61. The first-order chi connectivity index (χ1) is 9.66. The van der Waals surface area contributed by atoms with Crippen LogP contribution in [0.1, 0.15) is 9.75 Å². The van der Waals surface area contributed by atoms with E-state index in [0.717, 1.165) is 24.7 Å². The molecule has 0 amide bonds. The van der Waals surface area contributed by atoms with Gasteiger partial charge >= 0.3 is 6.18 Å². The van der Waals surface area contributed by atoms with Crippen LogP contribution in [0.3, 0.4) is 0 Å². The Kier molecular flexibility index (Phi) is 4.19. The van der Waals surface area contributed by atoms with Gasteiger partial charge in [0.25, 0.3) is 0 Å². The van der Waals surface area contributed by atoms with Crippen LogP contribution in [0.5, 0.6) is 5.75 Å². The first kappa shape index (κ1) is 15.7. The highest BCUT2D eigenvalue weighted by Crippen LogP contribution is 2.34. The quantitative estimate of drug-likeness (QED) is 0.801. The summed E-state index contributed by atoms with van der Waals surface area (Å²) in [7, 11) is -3.50. The number of sulfone groups is 1. The third-order valence-corrected chi connectivity index (χ3v) is 4.24. The molecule has 2 rings (SSSR count). The molecule has 0 bridgehead atoms. The molecule has 0 spiro atoms. The summed E-state index contributed by atoms with van der Waals surface area (Å²) in [6.45, 7) is -0.0810. The number of nitrogens with zero attached hydrogens (tertiary/aromatic N) is 2. The third kappa shape index (κ3) is 4.14. The van der Waals surface area contributed by atoms with Crippen LogP contribution in [-0.4, -0.2) is 24.6 Å². The van der Waals surface area contributed by atoms with Gasteiger partial charge in [0.15, 0.2) is 5.75 Å². The lowest BCUT2D eigenvalue weighted by Gasteiger charge is -2.04. The van der Waals surface area contributed by atoms with E-state index in [1.54, 1.807) is 0 Å². The zero-order valence-electron chi connectivity index (χ0n) is 10.6. The molecule has 0 saturated heterocycles. The minimum absolute atomic E-state index is 0.0810. The molecule has 0 aliphatic heterocycles. The summed E-state index contributed by atoms with van der Waals surface area (Å²) >= 11 is 0.580. The first-order valence-corrected chi connectivity index (χ1v) is 8.18. The van der Waals surface area contributed by atoms with Crippen molar-refractivity contribution < 1.29 is 26.3 Å². The lowest BCUT2D eigenvalue weighted by atomic mass is 10.4. The molecule has 5 nitrogen and oxygen atoms in total. The standard InChI is InChI=1S/C11H9F3N2O3S2/c1-21(17,18)10-15-4-7(5-16-10)19-6-8-2-3-9(20-8)11(12,13)14/h2-5H,6H2,1H3. The van der Waals surface area contributed by atoms with Crippen molar-refractivity contribution in [3.63, 3.8) is 0 Å². The van der Waals surface area contributed by atoms with Gasteiger partial charge in [0.2, 0.25) is 15.0 Å². The van der Waals surface area contributed by atoms with Crippen LogP contribution in [0.25, 0.3) is 0 Å². The number of aromatic nitrogens is 2. The summed E-state index contributed by atoms with van der Waals surface area (Å²) in [6, 6.07) is 2.30. The fraction of sp³-hybridized carbons (Fsp3) is 0.273. The van der Waals surface area contributed by atoms with Crippen molar-refractivity contribution in [1.82, 2.24) is 9.97 Å². The summed E-state index contributed by atoms with van der Waals surface area (Å²) in [4.78, 5) is 6.89. The predicted molar refractivity (Wildman–Crippen MR) is 68.8 cm³/mol. The average Bonchev–Trinajstić information content (AvgIpc) is 2.84. The van der Waals surface area contributed by atoms with Gasteiger partial charge < -0.3 is 4.74 Å². The maximum Gasteiger partial charge on any atom is 0.425 e. The molecule has 21 heavy (non-hydrogen) atoms. The molecular weight excluding hydrogens is 329 g/mol. The van der Waals surface area contributed by atoms with Crippen LogP contribution in [0.2, 0.25) is 0 Å². The zero-order valence-corrected chi connectivity index (χ0v) is 12.2. The molecule has 0 radical (unpaired) electrons. The Morgan fingerprint density at radius 2 is 1.86 bits per heavy atom. The van der Waals surface area contributed by atoms with Crippen molar-refractivity contribution >= 4 is 21.2 Å². The number of thiophene rings is 1. The molecule has 0 aliphatic rings. The predicted octanol–water partition coefficient (Wildman–Crippen LogP) is 2.54. The molecule has 114 valence electrons. The molecule has 10 heteroatoms. The number of hydrogen-bond acceptors (Lipinski definition) is 6. The molecule has 0 unspecified atom stereocenters. The molecular formula is C11H9F3N2O3S2. The molecule has 2 aromatic rings. The molecule has 0 saturated carbocycles. The highest BCUT2D eigenvalue weighted by molar-refractivity contribution is 7.90. The average molecular weight is 338 g/mol. The third-order valence-electron chi connectivity index (χ3n) is 2.26. The minimum Gasteiger partial charge on any atom is -0.485 e. The number of alkyl halides is 3. The van der Waals surface area contributed by atoms with Gasteiger partial charge in [-0.05, 0) is 12.1 Å². The van der Waals surface area contributed by atoms with Crippen molar-refractivity contribution in [3.8, 4) is 5.75 Å². The molecule has 2 aromatic heterocycles. The number of halogens is 3. The Bertz CT molecular complexity index is 724. The van der Waals surface area contributed by atoms with Crippen LogP contribution >= 0.6 is 11.3 Å². The largest absolute Gasteiger partial charge is 0.485 e. The van der Waals surface area contributed by atoms with Crippen molar-refractivity contribution in [1.29, 1.82) is 0 Å². The Hall–Kier alpha value is -1.68. The van der Waals surface area contributed by atoms with Gasteiger partial charge in [-0.25, -0.2) is 18.4 Å². The lowest BCUT2D eigenvalue weighted by molar-refractivity contribution is -0.134. The second kappa shape index (κ2) is 5.60. The molecule has 0 aliphatic carbocycles. The van der Waals surface area contributed by atoms with Crippen molar-refractivity contribution in [2.75, 3.05) is 6.26 Å². The lowest BCUT2D eigenvalue weighted by Crippen LogP contribution is -2.04. The SMILES string of the molecule is CS(=O)(=O)c1ncc(OCc2ccc(C(F)(F)F)s2)cn1. The molecule has 0 atom stereocenters. The van der Waals surface area contributed by atoms with E-state index in [1.165, 1.54) is 6.07 Å². The summed E-state index contributed by atoms with van der Waals surface area (Å²) in [5.41, 5.74) is 0. The summed E-state index contributed by atoms with van der Waals surface area (Å²) in [5.74, 6) is 0.171. The van der Waals surface area contributed by atoms with Crippen LogP contribution in [0.4, 0.5) is 13.2 Å². The van der Waals surface area contributed by atoms with Crippen LogP contribution in [0, 0.1) is 0 Å². The normalized spacial score (nSPS) is 12.4. The van der Waals surface area contributed by atoms with Gasteiger partial charge in [-0.15, -0.1) is 11.3 Å². The maximum absolute atomic E-state index is 12.4. The van der Waals surface area contributed by atoms with Crippen LogP contribution in [-0.2, 0) is 22.6 Å². The van der Waals surface area contributed by atoms with E-state index in [0.29, 0.717) is 16.2 Å². The maximum atomic E-state index is 12.4. The van der Waals surface area contributed by atoms with Gasteiger partial charge in [-0.1, -0.05) is 0 Å². The molecule has 0 fully saturated rings. The van der Waals surface area contributed by atoms with Gasteiger partial charge in [0.05, 0.1) is 12.4 Å². The van der Waals surface area contributed by atoms with Crippen LogP contribution < -0.4 is 4.74 Å². The fourth-order valence-electron chi connectivity index (χ4n) is 1.33. The van der Waals surface area contributed by atoms with Gasteiger partial charge in [-0.3, -0.25) is 0 Å². The van der Waals surface area contributed by atoms with E-state index in [4.69, 9.17) is 4.74 Å². The minimum atomic E-state index is -4.37. The number of ether oxygens (including phenoxy) is 1. The van der Waals surface area contributed by atoms with Crippen molar-refractivity contribution in [2.24, 2.45) is 0 Å². The summed E-state index contributed by atoms with van der Waals surface area (Å²) < 4.78 is 64.7. The summed E-state index contributed by atoms with van der Waals surface area (Å²) in [6.07, 6.45) is -1.10. The van der Waals surface area contributed by atoms with Gasteiger partial charge in [0.1, 0.15) is 11.5 Å². The molecule has 2 heterocycles. The van der Waals surface area contributed by atoms with E-state index in [-0.39, 0.29) is 17.5 Å². The highest BCUT2D eigenvalue weighted by atomic mass is 32.2. The Morgan fingerprint density at radius 1 is 1.24 bits per heavy atom. The topological polar surface area (TPSA) is 69.2 Å². The van der Waals surface area contributed by atoms with E-state index in [9.17, 15) is 21.6 Å². The smallest absolute Gasteiger partial charge is 0.425 e. The number of hydrogen-bond donors (Lipinski definition) is 0. The van der Waals surface area contributed by atoms with E-state index in [1.807, 2.05) is 0 Å². The zero-order chi connectivity index (χ0) is 15.7.